The van der Waals surface area contributed by atoms with Crippen LogP contribution in [0.1, 0.15) is 20.3 Å². The van der Waals surface area contributed by atoms with Crippen molar-refractivity contribution in [1.29, 1.82) is 0 Å². The number of aryl methyl sites for hydroxylation is 1. The summed E-state index contributed by atoms with van der Waals surface area (Å²) >= 11 is 0. The van der Waals surface area contributed by atoms with Crippen LogP contribution in [0.25, 0.3) is 0 Å². The molecule has 0 aliphatic rings. The molecule has 0 atom stereocenters. The minimum absolute atomic E-state index is 0.0410. The molecule has 1 heterocycles. The van der Waals surface area contributed by atoms with Gasteiger partial charge in [0.1, 0.15) is 0 Å². The number of anilines is 1. The third-order valence-corrected chi connectivity index (χ3v) is 2.47. The highest BCUT2D eigenvalue weighted by atomic mass is 16.1. The Bertz CT molecular complexity index is 398. The minimum Gasteiger partial charge on any atom is -0.376 e. The van der Waals surface area contributed by atoms with E-state index in [0.717, 1.165) is 18.7 Å². The Kier molecular flexibility index (Phi) is 5.15. The molecule has 0 bridgehead atoms. The van der Waals surface area contributed by atoms with Gasteiger partial charge < -0.3 is 10.2 Å². The molecule has 0 aromatic carbocycles. The van der Waals surface area contributed by atoms with Gasteiger partial charge in [0.25, 0.3) is 5.56 Å². The smallest absolute Gasteiger partial charge is 0.268 e. The van der Waals surface area contributed by atoms with Gasteiger partial charge in [-0.15, -0.1) is 0 Å². The molecule has 0 amide bonds. The number of aromatic nitrogens is 2. The Morgan fingerprint density at radius 1 is 1.47 bits per heavy atom. The van der Waals surface area contributed by atoms with Crippen molar-refractivity contribution in [2.75, 3.05) is 25.5 Å². The van der Waals surface area contributed by atoms with Gasteiger partial charge in [-0.25, -0.2) is 4.68 Å². The molecule has 5 heteroatoms. The van der Waals surface area contributed by atoms with E-state index in [9.17, 15) is 4.79 Å². The number of hydrogen-bond donors (Lipinski definition) is 1. The van der Waals surface area contributed by atoms with Crippen LogP contribution in [0.3, 0.4) is 0 Å². The summed E-state index contributed by atoms with van der Waals surface area (Å²) in [6.45, 7) is 5.78. The van der Waals surface area contributed by atoms with Gasteiger partial charge >= 0.3 is 0 Å². The van der Waals surface area contributed by atoms with Crippen LogP contribution < -0.4 is 15.8 Å². The topological polar surface area (TPSA) is 50.2 Å². The molecule has 0 aliphatic heterocycles. The maximum atomic E-state index is 11.7. The summed E-state index contributed by atoms with van der Waals surface area (Å²) in [7, 11) is 3.79. The number of rotatable bonds is 6. The molecule has 5 nitrogen and oxygen atoms in total. The molecule has 1 rings (SSSR count). The van der Waals surface area contributed by atoms with Crippen LogP contribution >= 0.6 is 0 Å². The van der Waals surface area contributed by atoms with Gasteiger partial charge in [0.05, 0.1) is 11.9 Å². The van der Waals surface area contributed by atoms with Crippen LogP contribution in [0, 0.1) is 0 Å². The lowest BCUT2D eigenvalue weighted by molar-refractivity contribution is 0.499. The van der Waals surface area contributed by atoms with E-state index in [4.69, 9.17) is 0 Å². The molecular formula is C12H22N4O. The number of nitrogens with zero attached hydrogens (tertiary/aromatic N) is 3. The maximum Gasteiger partial charge on any atom is 0.268 e. The van der Waals surface area contributed by atoms with Crippen molar-refractivity contribution in [2.45, 2.75) is 32.9 Å². The van der Waals surface area contributed by atoms with Crippen LogP contribution in [0.2, 0.25) is 0 Å². The van der Waals surface area contributed by atoms with E-state index in [2.05, 4.69) is 24.3 Å². The van der Waals surface area contributed by atoms with Crippen LogP contribution in [-0.4, -0.2) is 36.5 Å². The molecule has 0 saturated carbocycles. The molecule has 1 N–H and O–H groups in total. The summed E-state index contributed by atoms with van der Waals surface area (Å²) in [5.74, 6) is 0. The van der Waals surface area contributed by atoms with Crippen molar-refractivity contribution in [3.63, 3.8) is 0 Å². The predicted molar refractivity (Wildman–Crippen MR) is 70.6 cm³/mol. The predicted octanol–water partition coefficient (Wildman–Crippen LogP) is 0.697. The molecule has 0 saturated heterocycles. The molecule has 0 spiro atoms. The zero-order chi connectivity index (χ0) is 12.8. The van der Waals surface area contributed by atoms with Gasteiger partial charge in [-0.05, 0) is 13.0 Å². The van der Waals surface area contributed by atoms with Crippen molar-refractivity contribution in [2.24, 2.45) is 0 Å². The molecule has 1 aromatic heterocycles. The first-order chi connectivity index (χ1) is 8.00. The average molecular weight is 238 g/mol. The average Bonchev–Trinajstić information content (AvgIpc) is 2.25. The summed E-state index contributed by atoms with van der Waals surface area (Å²) in [5.41, 5.74) is 0.798. The second kappa shape index (κ2) is 6.39. The second-order valence-corrected chi connectivity index (χ2v) is 4.63. The minimum atomic E-state index is -0.0410. The van der Waals surface area contributed by atoms with E-state index in [0.29, 0.717) is 12.6 Å². The van der Waals surface area contributed by atoms with E-state index in [-0.39, 0.29) is 5.56 Å². The van der Waals surface area contributed by atoms with Crippen LogP contribution in [0.4, 0.5) is 5.69 Å². The Hall–Kier alpha value is -1.36. The van der Waals surface area contributed by atoms with E-state index in [1.807, 2.05) is 19.0 Å². The van der Waals surface area contributed by atoms with E-state index in [1.165, 1.54) is 4.68 Å². The highest BCUT2D eigenvalue weighted by Crippen LogP contribution is 2.03. The highest BCUT2D eigenvalue weighted by Gasteiger charge is 2.01. The normalized spacial score (nSPS) is 10.9. The van der Waals surface area contributed by atoms with Crippen molar-refractivity contribution in [1.82, 2.24) is 15.1 Å². The summed E-state index contributed by atoms with van der Waals surface area (Å²) in [5, 5.41) is 7.46. The lowest BCUT2D eigenvalue weighted by atomic mass is 10.3. The van der Waals surface area contributed by atoms with Crippen molar-refractivity contribution in [3.05, 3.63) is 22.6 Å². The van der Waals surface area contributed by atoms with E-state index < -0.39 is 0 Å². The van der Waals surface area contributed by atoms with Gasteiger partial charge in [-0.3, -0.25) is 4.79 Å². The van der Waals surface area contributed by atoms with Crippen molar-refractivity contribution < 1.29 is 0 Å². The molecule has 0 unspecified atom stereocenters. The Morgan fingerprint density at radius 3 is 2.71 bits per heavy atom. The van der Waals surface area contributed by atoms with Gasteiger partial charge in [-0.2, -0.15) is 5.10 Å². The fourth-order valence-corrected chi connectivity index (χ4v) is 1.46. The van der Waals surface area contributed by atoms with Crippen LogP contribution in [0.15, 0.2) is 17.1 Å². The molecule has 0 radical (unpaired) electrons. The first-order valence-electron chi connectivity index (χ1n) is 5.98. The number of hydrogen-bond acceptors (Lipinski definition) is 4. The molecule has 0 aliphatic carbocycles. The molecule has 1 aromatic rings. The first kappa shape index (κ1) is 13.7. The first-order valence-corrected chi connectivity index (χ1v) is 5.98. The maximum absolute atomic E-state index is 11.7. The third kappa shape index (κ3) is 4.56. The van der Waals surface area contributed by atoms with E-state index >= 15 is 0 Å². The van der Waals surface area contributed by atoms with Gasteiger partial charge in [0.15, 0.2) is 0 Å². The quantitative estimate of drug-likeness (QED) is 0.741. The molecule has 17 heavy (non-hydrogen) atoms. The van der Waals surface area contributed by atoms with Gasteiger partial charge in [-0.1, -0.05) is 13.8 Å². The summed E-state index contributed by atoms with van der Waals surface area (Å²) in [4.78, 5) is 13.6. The largest absolute Gasteiger partial charge is 0.376 e. The second-order valence-electron chi connectivity index (χ2n) is 4.63. The zero-order valence-corrected chi connectivity index (χ0v) is 11.1. The summed E-state index contributed by atoms with van der Waals surface area (Å²) in [6, 6.07) is 2.10. The fourth-order valence-electron chi connectivity index (χ4n) is 1.46. The van der Waals surface area contributed by atoms with Gasteiger partial charge in [0.2, 0.25) is 0 Å². The summed E-state index contributed by atoms with van der Waals surface area (Å²) < 4.78 is 1.51. The summed E-state index contributed by atoms with van der Waals surface area (Å²) in [6.07, 6.45) is 2.63. The van der Waals surface area contributed by atoms with Crippen LogP contribution in [0.5, 0.6) is 0 Å². The molecular weight excluding hydrogens is 216 g/mol. The lowest BCUT2D eigenvalue weighted by Gasteiger charge is -2.12. The van der Waals surface area contributed by atoms with Crippen molar-refractivity contribution in [3.8, 4) is 0 Å². The molecule has 0 fully saturated rings. The monoisotopic (exact) mass is 238 g/mol. The third-order valence-electron chi connectivity index (χ3n) is 2.47. The highest BCUT2D eigenvalue weighted by molar-refractivity contribution is 5.40. The Morgan fingerprint density at radius 2 is 2.18 bits per heavy atom. The van der Waals surface area contributed by atoms with Gasteiger partial charge in [0, 0.05) is 32.7 Å². The molecule has 96 valence electrons. The number of nitrogens with one attached hydrogen (secondary N) is 1. The SMILES string of the molecule is CC(C)NCCCn1ncc(N(C)C)cc1=O. The van der Waals surface area contributed by atoms with Crippen LogP contribution in [-0.2, 0) is 6.54 Å². The Balaban J connectivity index is 2.52. The zero-order valence-electron chi connectivity index (χ0n) is 11.1. The van der Waals surface area contributed by atoms with Crippen molar-refractivity contribution >= 4 is 5.69 Å². The fraction of sp³-hybridized carbons (Fsp3) is 0.667. The lowest BCUT2D eigenvalue weighted by Crippen LogP contribution is -2.28. The van der Waals surface area contributed by atoms with E-state index in [1.54, 1.807) is 12.3 Å². The Labute approximate surface area is 102 Å². The standard InChI is InChI=1S/C12H22N4O/c1-10(2)13-6-5-7-16-12(17)8-11(9-14-16)15(3)4/h8-10,13H,5-7H2,1-4H3.